The van der Waals surface area contributed by atoms with Crippen LogP contribution in [0.5, 0.6) is 0 Å². The lowest BCUT2D eigenvalue weighted by molar-refractivity contribution is -0.121. The van der Waals surface area contributed by atoms with Gasteiger partial charge in [0.05, 0.1) is 6.61 Å². The average Bonchev–Trinajstić information content (AvgIpc) is 3.14. The number of aromatic nitrogens is 1. The maximum absolute atomic E-state index is 12.9. The summed E-state index contributed by atoms with van der Waals surface area (Å²) in [4.78, 5) is 31.3. The Morgan fingerprint density at radius 1 is 1.42 bits per heavy atom. The van der Waals surface area contributed by atoms with Crippen molar-refractivity contribution in [2.45, 2.75) is 58.2 Å². The van der Waals surface area contributed by atoms with E-state index >= 15 is 0 Å². The number of rotatable bonds is 3. The zero-order valence-electron chi connectivity index (χ0n) is 15.4. The predicted octanol–water partition coefficient (Wildman–Crippen LogP) is 2.85. The van der Waals surface area contributed by atoms with Gasteiger partial charge in [-0.3, -0.25) is 9.69 Å². The molecule has 0 unspecified atom stereocenters. The van der Waals surface area contributed by atoms with Crippen LogP contribution < -0.4 is 5.32 Å². The van der Waals surface area contributed by atoms with Crippen molar-refractivity contribution >= 4 is 33.7 Å². The first-order chi connectivity index (χ1) is 12.1. The second-order valence-corrected chi connectivity index (χ2v) is 8.95. The first-order valence-corrected chi connectivity index (χ1v) is 9.42. The summed E-state index contributed by atoms with van der Waals surface area (Å²) < 4.78 is 6.10. The lowest BCUT2D eigenvalue weighted by Gasteiger charge is -2.29. The number of hydrogen-bond acceptors (Lipinski definition) is 5. The van der Waals surface area contributed by atoms with Crippen LogP contribution >= 0.6 is 15.9 Å². The lowest BCUT2D eigenvalue weighted by atomic mass is 10.0. The minimum atomic E-state index is -0.684. The van der Waals surface area contributed by atoms with Gasteiger partial charge >= 0.3 is 6.09 Å². The monoisotopic (exact) mass is 425 g/mol. The number of amides is 2. The fraction of sp³-hybridized carbons (Fsp3) is 0.611. The zero-order valence-corrected chi connectivity index (χ0v) is 17.0. The number of aliphatic hydroxyl groups is 1. The molecule has 1 aliphatic heterocycles. The van der Waals surface area contributed by atoms with Gasteiger partial charge in [0, 0.05) is 11.5 Å². The van der Waals surface area contributed by atoms with Crippen molar-refractivity contribution in [3.05, 3.63) is 22.3 Å². The predicted molar refractivity (Wildman–Crippen MR) is 99.7 cm³/mol. The van der Waals surface area contributed by atoms with Crippen LogP contribution in [-0.4, -0.2) is 51.3 Å². The second kappa shape index (κ2) is 6.49. The number of aryl methyl sites for hydroxylation is 1. The molecule has 2 aliphatic rings. The summed E-state index contributed by atoms with van der Waals surface area (Å²) in [6.07, 6.45) is 0.599. The third kappa shape index (κ3) is 3.57. The molecular weight excluding hydrogens is 402 g/mol. The van der Waals surface area contributed by atoms with E-state index in [9.17, 15) is 14.7 Å². The molecule has 1 saturated carbocycles. The third-order valence-electron chi connectivity index (χ3n) is 4.94. The van der Waals surface area contributed by atoms with Crippen molar-refractivity contribution in [2.24, 2.45) is 5.41 Å². The Balaban J connectivity index is 1.81. The smallest absolute Gasteiger partial charge is 0.411 e. The number of likely N-dealkylation sites (tertiary alicyclic amines) is 1. The van der Waals surface area contributed by atoms with Crippen molar-refractivity contribution in [1.29, 1.82) is 0 Å². The Morgan fingerprint density at radius 2 is 2.12 bits per heavy atom. The maximum atomic E-state index is 12.9. The zero-order chi connectivity index (χ0) is 19.3. The van der Waals surface area contributed by atoms with Crippen molar-refractivity contribution in [3.8, 4) is 0 Å². The number of carbonyl (C=O) groups excluding carboxylic acids is 2. The van der Waals surface area contributed by atoms with Crippen LogP contribution in [0.3, 0.4) is 0 Å². The summed E-state index contributed by atoms with van der Waals surface area (Å²) in [6, 6.07) is 2.80. The summed E-state index contributed by atoms with van der Waals surface area (Å²) in [5, 5.41) is 12.6. The van der Waals surface area contributed by atoms with Crippen LogP contribution in [0, 0.1) is 12.3 Å². The van der Waals surface area contributed by atoms with Gasteiger partial charge in [-0.2, -0.15) is 0 Å². The van der Waals surface area contributed by atoms with Crippen LogP contribution in [0.2, 0.25) is 0 Å². The Hall–Kier alpha value is -1.67. The van der Waals surface area contributed by atoms with Crippen LogP contribution in [0.4, 0.5) is 10.6 Å². The van der Waals surface area contributed by atoms with Crippen LogP contribution in [-0.2, 0) is 9.53 Å². The number of pyridine rings is 1. The number of carbonyl (C=O) groups is 2. The second-order valence-electron chi connectivity index (χ2n) is 8.14. The number of fused-ring (bicyclic) bond motifs is 1. The van der Waals surface area contributed by atoms with Gasteiger partial charge in [-0.05, 0) is 68.1 Å². The standard InChI is InChI=1S/C18H24BrN3O4/c1-10-5-6-13(19)20-14(10)21-15(24)11-7-18(9-23)8-12(18)22(11)16(25)26-17(2,3)4/h5-6,11-12,23H,7-9H2,1-4H3,(H,20,21,24)/t11-,12+,18-/m0/s1. The van der Waals surface area contributed by atoms with Gasteiger partial charge in [-0.25, -0.2) is 9.78 Å². The summed E-state index contributed by atoms with van der Waals surface area (Å²) in [5.74, 6) is 0.136. The highest BCUT2D eigenvalue weighted by molar-refractivity contribution is 9.10. The van der Waals surface area contributed by atoms with Crippen LogP contribution in [0.25, 0.3) is 0 Å². The minimum absolute atomic E-state index is 0.0467. The van der Waals surface area contributed by atoms with E-state index in [0.29, 0.717) is 23.3 Å². The average molecular weight is 426 g/mol. The molecule has 0 spiro atoms. The molecule has 1 aromatic rings. The van der Waals surface area contributed by atoms with E-state index in [1.165, 1.54) is 4.90 Å². The highest BCUT2D eigenvalue weighted by Gasteiger charge is 2.67. The Bertz CT molecular complexity index is 748. The number of hydrogen-bond donors (Lipinski definition) is 2. The van der Waals surface area contributed by atoms with Crippen molar-refractivity contribution < 1.29 is 19.4 Å². The number of aliphatic hydroxyl groups excluding tert-OH is 1. The van der Waals surface area contributed by atoms with Gasteiger partial charge < -0.3 is 15.2 Å². The molecule has 7 nitrogen and oxygen atoms in total. The van der Waals surface area contributed by atoms with E-state index in [1.807, 2.05) is 13.0 Å². The van der Waals surface area contributed by atoms with E-state index in [2.05, 4.69) is 26.2 Å². The molecule has 26 heavy (non-hydrogen) atoms. The number of nitrogens with zero attached hydrogens (tertiary/aromatic N) is 2. The molecule has 3 rings (SSSR count). The summed E-state index contributed by atoms with van der Waals surface area (Å²) in [7, 11) is 0. The number of anilines is 1. The summed E-state index contributed by atoms with van der Waals surface area (Å²) in [6.45, 7) is 7.17. The number of nitrogens with one attached hydrogen (secondary N) is 1. The van der Waals surface area contributed by atoms with E-state index in [0.717, 1.165) is 5.56 Å². The first kappa shape index (κ1) is 19.1. The molecule has 2 heterocycles. The van der Waals surface area contributed by atoms with Gasteiger partial charge in [0.15, 0.2) is 0 Å². The van der Waals surface area contributed by atoms with E-state index < -0.39 is 23.2 Å². The molecule has 2 amide bonds. The van der Waals surface area contributed by atoms with E-state index in [4.69, 9.17) is 4.74 Å². The van der Waals surface area contributed by atoms with Gasteiger partial charge in [0.25, 0.3) is 0 Å². The summed E-state index contributed by atoms with van der Waals surface area (Å²) in [5.41, 5.74) is -0.219. The SMILES string of the molecule is Cc1ccc(Br)nc1NC(=O)[C@@H]1C[C@@]2(CO)C[C@H]2N1C(=O)OC(C)(C)C. The number of ether oxygens (including phenoxy) is 1. The fourth-order valence-electron chi connectivity index (χ4n) is 3.49. The Labute approximate surface area is 161 Å². The highest BCUT2D eigenvalue weighted by Crippen LogP contribution is 2.59. The fourth-order valence-corrected chi connectivity index (χ4v) is 3.80. The molecule has 0 aromatic carbocycles. The molecule has 3 atom stereocenters. The van der Waals surface area contributed by atoms with E-state index in [1.54, 1.807) is 26.8 Å². The van der Waals surface area contributed by atoms with Gasteiger partial charge in [-0.15, -0.1) is 0 Å². The number of piperidine rings is 1. The largest absolute Gasteiger partial charge is 0.444 e. The molecule has 142 valence electrons. The Morgan fingerprint density at radius 3 is 2.73 bits per heavy atom. The maximum Gasteiger partial charge on any atom is 0.411 e. The van der Waals surface area contributed by atoms with Crippen molar-refractivity contribution in [2.75, 3.05) is 11.9 Å². The minimum Gasteiger partial charge on any atom is -0.444 e. The Kier molecular flexibility index (Phi) is 4.77. The van der Waals surface area contributed by atoms with Crippen LogP contribution in [0.15, 0.2) is 16.7 Å². The van der Waals surface area contributed by atoms with Gasteiger partial charge in [0.1, 0.15) is 22.1 Å². The van der Waals surface area contributed by atoms with Crippen LogP contribution in [0.1, 0.15) is 39.2 Å². The lowest BCUT2D eigenvalue weighted by Crippen LogP contribution is -2.47. The van der Waals surface area contributed by atoms with Gasteiger partial charge in [0.2, 0.25) is 5.91 Å². The number of halogens is 1. The quantitative estimate of drug-likeness (QED) is 0.726. The van der Waals surface area contributed by atoms with Crippen molar-refractivity contribution in [1.82, 2.24) is 9.88 Å². The summed E-state index contributed by atoms with van der Waals surface area (Å²) >= 11 is 3.29. The topological polar surface area (TPSA) is 91.8 Å². The van der Waals surface area contributed by atoms with Crippen molar-refractivity contribution in [3.63, 3.8) is 0 Å². The molecule has 8 heteroatoms. The molecule has 0 radical (unpaired) electrons. The molecule has 2 N–H and O–H groups in total. The molecule has 2 fully saturated rings. The highest BCUT2D eigenvalue weighted by atomic mass is 79.9. The molecule has 1 saturated heterocycles. The molecule has 1 aliphatic carbocycles. The molecular formula is C18H24BrN3O4. The first-order valence-electron chi connectivity index (χ1n) is 8.62. The third-order valence-corrected chi connectivity index (χ3v) is 5.39. The van der Waals surface area contributed by atoms with Gasteiger partial charge in [-0.1, -0.05) is 6.07 Å². The van der Waals surface area contributed by atoms with E-state index in [-0.39, 0.29) is 18.6 Å². The molecule has 1 aromatic heterocycles. The normalized spacial score (nSPS) is 27.1. The molecule has 0 bridgehead atoms.